The number of rotatable bonds is 4. The molecule has 2 aliphatic rings. The standard InChI is InChI=1S/C14H30BN2O.C6H6O2.Sb/c1-12(2,3)16-15(18-8)17-13(4,5)10-9-11-14(17,6)7;7-5-3-1-2-4-6(5)8;/h9-11H2,1-8H3;1-4,7-8H;/q-1;;+3/p-2. The van der Waals surface area contributed by atoms with E-state index in [9.17, 15) is 0 Å². The van der Waals surface area contributed by atoms with Gasteiger partial charge in [-0.2, -0.15) is 0 Å². The van der Waals surface area contributed by atoms with E-state index in [1.54, 1.807) is 0 Å². The average Bonchev–Trinajstić information content (AvgIpc) is 2.94. The molecule has 0 aliphatic carbocycles. The molecule has 0 spiro atoms. The van der Waals surface area contributed by atoms with E-state index in [0.29, 0.717) is 0 Å². The molecule has 1 aromatic carbocycles. The minimum absolute atomic E-state index is 0.0406. The van der Waals surface area contributed by atoms with Crippen LogP contribution in [0, 0.1) is 0 Å². The van der Waals surface area contributed by atoms with Crippen molar-refractivity contribution in [3.8, 4) is 11.5 Å². The third-order valence-corrected chi connectivity index (χ3v) is 10.9. The quantitative estimate of drug-likeness (QED) is 0.600. The SMILES string of the molecule is COB([N]([Sb]1[O]c2ccccc2[O]1)C(C)(C)C)N1C(C)(C)CCCC1(C)C. The molecule has 0 aromatic heterocycles. The van der Waals surface area contributed by atoms with Crippen LogP contribution in [-0.2, 0) is 4.65 Å². The Kier molecular flexibility index (Phi) is 5.87. The van der Waals surface area contributed by atoms with Crippen molar-refractivity contribution in [2.75, 3.05) is 7.11 Å². The Morgan fingerprint density at radius 1 is 1.04 bits per heavy atom. The van der Waals surface area contributed by atoms with Gasteiger partial charge in [-0.1, -0.05) is 0 Å². The second kappa shape index (κ2) is 7.44. The Morgan fingerprint density at radius 2 is 1.52 bits per heavy atom. The van der Waals surface area contributed by atoms with Crippen molar-refractivity contribution in [3.05, 3.63) is 24.3 Å². The van der Waals surface area contributed by atoms with Crippen molar-refractivity contribution in [2.45, 2.75) is 84.3 Å². The first kappa shape index (κ1) is 21.3. The number of hydrogen-bond acceptors (Lipinski definition) is 5. The number of para-hydroxylation sites is 2. The van der Waals surface area contributed by atoms with Crippen molar-refractivity contribution < 1.29 is 10.7 Å². The predicted octanol–water partition coefficient (Wildman–Crippen LogP) is 4.22. The van der Waals surface area contributed by atoms with Gasteiger partial charge in [-0.15, -0.1) is 0 Å². The molecule has 150 valence electrons. The summed E-state index contributed by atoms with van der Waals surface area (Å²) in [5.41, 5.74) is -0.0625. The van der Waals surface area contributed by atoms with Crippen LogP contribution in [0.25, 0.3) is 0 Å². The molecule has 27 heavy (non-hydrogen) atoms. The third-order valence-electron chi connectivity index (χ3n) is 5.59. The minimum atomic E-state index is -2.74. The summed E-state index contributed by atoms with van der Waals surface area (Å²) in [4.78, 5) is 2.55. The fourth-order valence-electron chi connectivity index (χ4n) is 4.46. The summed E-state index contributed by atoms with van der Waals surface area (Å²) < 4.78 is 21.4. The van der Waals surface area contributed by atoms with Gasteiger partial charge in [-0.25, -0.2) is 0 Å². The van der Waals surface area contributed by atoms with Crippen LogP contribution in [0.3, 0.4) is 0 Å². The van der Waals surface area contributed by atoms with Gasteiger partial charge in [-0.05, 0) is 0 Å². The molecule has 0 radical (unpaired) electrons. The molecule has 0 amide bonds. The zero-order valence-corrected chi connectivity index (χ0v) is 20.6. The van der Waals surface area contributed by atoms with Crippen LogP contribution in [0.5, 0.6) is 11.5 Å². The molecule has 0 bridgehead atoms. The van der Waals surface area contributed by atoms with Crippen molar-refractivity contribution >= 4 is 28.5 Å². The summed E-state index contributed by atoms with van der Waals surface area (Å²) in [6.45, 7) is 16.0. The fraction of sp³-hybridized carbons (Fsp3) is 0.700. The van der Waals surface area contributed by atoms with Crippen LogP contribution in [0.15, 0.2) is 24.3 Å². The van der Waals surface area contributed by atoms with E-state index >= 15 is 0 Å². The van der Waals surface area contributed by atoms with Crippen LogP contribution >= 0.6 is 0 Å². The number of fused-ring (bicyclic) bond motifs is 1. The average molecular weight is 483 g/mol. The van der Waals surface area contributed by atoms with Crippen LogP contribution in [0.1, 0.15) is 67.7 Å². The number of nitrogens with zero attached hydrogens (tertiary/aromatic N) is 2. The van der Waals surface area contributed by atoms with Crippen molar-refractivity contribution in [2.24, 2.45) is 0 Å². The zero-order chi connectivity index (χ0) is 20.0. The molecule has 7 heteroatoms. The van der Waals surface area contributed by atoms with Crippen LogP contribution in [-0.4, -0.2) is 60.0 Å². The molecule has 5 nitrogen and oxygen atoms in total. The van der Waals surface area contributed by atoms with Crippen LogP contribution in [0.2, 0.25) is 0 Å². The summed E-state index contributed by atoms with van der Waals surface area (Å²) in [5.74, 6) is 1.73. The van der Waals surface area contributed by atoms with Gasteiger partial charge < -0.3 is 0 Å². The van der Waals surface area contributed by atoms with E-state index in [2.05, 4.69) is 56.2 Å². The van der Waals surface area contributed by atoms with Crippen molar-refractivity contribution in [3.63, 3.8) is 0 Å². The molecule has 2 heterocycles. The summed E-state index contributed by atoms with van der Waals surface area (Å²) >= 11 is -2.74. The molecule has 0 saturated carbocycles. The molecule has 0 N–H and O–H groups in total. The van der Waals surface area contributed by atoms with Crippen LogP contribution < -0.4 is 6.03 Å². The molecular weight excluding hydrogens is 449 g/mol. The Balaban J connectivity index is 1.98. The monoisotopic (exact) mass is 482 g/mol. The molecule has 0 atom stereocenters. The van der Waals surface area contributed by atoms with Gasteiger partial charge in [0.25, 0.3) is 0 Å². The van der Waals surface area contributed by atoms with Gasteiger partial charge in [0.2, 0.25) is 0 Å². The molecule has 1 saturated heterocycles. The first-order valence-electron chi connectivity index (χ1n) is 9.84. The maximum atomic E-state index is 6.39. The van der Waals surface area contributed by atoms with E-state index in [4.69, 9.17) is 10.7 Å². The second-order valence-electron chi connectivity index (χ2n) is 9.79. The third kappa shape index (κ3) is 4.15. The molecule has 1 fully saturated rings. The summed E-state index contributed by atoms with van der Waals surface area (Å²) in [6, 6.07) is 7.99. The van der Waals surface area contributed by atoms with Gasteiger partial charge >= 0.3 is 174 Å². The van der Waals surface area contributed by atoms with E-state index in [0.717, 1.165) is 24.3 Å². The van der Waals surface area contributed by atoms with Gasteiger partial charge in [0, 0.05) is 0 Å². The number of benzene rings is 1. The van der Waals surface area contributed by atoms with Gasteiger partial charge in [-0.3, -0.25) is 0 Å². The Labute approximate surface area is 173 Å². The molecular formula is C20H34BN2O3Sb. The Bertz CT molecular complexity index is 636. The predicted molar refractivity (Wildman–Crippen MR) is 112 cm³/mol. The van der Waals surface area contributed by atoms with E-state index in [1.807, 2.05) is 31.4 Å². The summed E-state index contributed by atoms with van der Waals surface area (Å²) in [5, 5.41) is 0. The number of piperidine rings is 1. The van der Waals surface area contributed by atoms with Crippen molar-refractivity contribution in [1.29, 1.82) is 0 Å². The first-order chi connectivity index (χ1) is 12.5. The summed E-state index contributed by atoms with van der Waals surface area (Å²) in [7, 11) is 1.63. The topological polar surface area (TPSA) is 34.2 Å². The molecule has 0 unspecified atom stereocenters. The Morgan fingerprint density at radius 3 is 1.93 bits per heavy atom. The van der Waals surface area contributed by atoms with E-state index < -0.39 is 21.3 Å². The van der Waals surface area contributed by atoms with Crippen LogP contribution in [0.4, 0.5) is 0 Å². The number of hydrogen-bond donors (Lipinski definition) is 0. The van der Waals surface area contributed by atoms with Gasteiger partial charge in [0.05, 0.1) is 0 Å². The first-order valence-corrected chi connectivity index (χ1v) is 13.1. The zero-order valence-electron chi connectivity index (χ0n) is 18.1. The van der Waals surface area contributed by atoms with Crippen molar-refractivity contribution in [1.82, 2.24) is 7.78 Å². The maximum absolute atomic E-state index is 6.39. The van der Waals surface area contributed by atoms with Gasteiger partial charge in [0.15, 0.2) is 0 Å². The van der Waals surface area contributed by atoms with E-state index in [-0.39, 0.29) is 23.8 Å². The molecule has 1 aromatic rings. The molecule has 3 rings (SSSR count). The summed E-state index contributed by atoms with van der Waals surface area (Å²) in [6.07, 6.45) is 3.56. The van der Waals surface area contributed by atoms with E-state index in [1.165, 1.54) is 6.42 Å². The Hall–Kier alpha value is -0.417. The fourth-order valence-corrected chi connectivity index (χ4v) is 9.31. The normalized spacial score (nSPS) is 22.3. The molecule has 2 aliphatic heterocycles. The second-order valence-corrected chi connectivity index (χ2v) is 13.4. The van der Waals surface area contributed by atoms with Gasteiger partial charge in [0.1, 0.15) is 0 Å².